The van der Waals surface area contributed by atoms with Crippen molar-refractivity contribution in [1.29, 1.82) is 0 Å². The molecule has 3 atom stereocenters. The van der Waals surface area contributed by atoms with Gasteiger partial charge in [-0.2, -0.15) is 15.1 Å². The highest BCUT2D eigenvalue weighted by Crippen LogP contribution is 2.55. The lowest BCUT2D eigenvalue weighted by Crippen LogP contribution is -2.65. The molecule has 9 rings (SSSR count). The summed E-state index contributed by atoms with van der Waals surface area (Å²) >= 11 is 0. The number of likely N-dealkylation sites (tertiary alicyclic amines) is 1. The van der Waals surface area contributed by atoms with Gasteiger partial charge in [0, 0.05) is 57.3 Å². The number of β-amino-alcohol motifs (C(OH)–C–C–N with tert-alkyl or cyclic N) is 1. The molecule has 2 aliphatic carbocycles. The maximum absolute atomic E-state index is 17.3. The number of nitrogens with zero attached hydrogens (tertiary/aromatic N) is 6. The van der Waals surface area contributed by atoms with Crippen molar-refractivity contribution in [3.8, 4) is 23.1 Å². The summed E-state index contributed by atoms with van der Waals surface area (Å²) in [6, 6.07) is 3.04. The Morgan fingerprint density at radius 3 is 2.75 bits per heavy atom. The number of aromatic amines is 1. The molecule has 0 radical (unpaired) electrons. The highest BCUT2D eigenvalue weighted by Gasteiger charge is 2.58. The van der Waals surface area contributed by atoms with Gasteiger partial charge >= 0.3 is 6.01 Å². The highest BCUT2D eigenvalue weighted by molar-refractivity contribution is 7.86. The number of halogens is 1. The molecule has 1 spiro atoms. The van der Waals surface area contributed by atoms with Crippen LogP contribution in [0.5, 0.6) is 11.9 Å². The Labute approximate surface area is 305 Å². The topological polar surface area (TPSA) is 139 Å². The van der Waals surface area contributed by atoms with E-state index in [-0.39, 0.29) is 41.7 Å². The summed E-state index contributed by atoms with van der Waals surface area (Å²) in [5.41, 5.74) is 2.50. The number of rotatable bonds is 7. The normalized spacial score (nSPS) is 32.1. The van der Waals surface area contributed by atoms with Gasteiger partial charge in [-0.3, -0.25) is 14.2 Å². The monoisotopic (exact) mass is 733 g/mol. The van der Waals surface area contributed by atoms with Gasteiger partial charge in [-0.15, -0.1) is 0 Å². The fraction of sp³-hybridized carbons (Fsp3) is 0.632. The van der Waals surface area contributed by atoms with E-state index in [0.29, 0.717) is 54.0 Å². The van der Waals surface area contributed by atoms with E-state index >= 15 is 4.39 Å². The van der Waals surface area contributed by atoms with Gasteiger partial charge in [-0.25, -0.2) is 9.37 Å². The first-order valence-corrected chi connectivity index (χ1v) is 20.2. The van der Waals surface area contributed by atoms with Crippen LogP contribution < -0.4 is 14.4 Å². The quantitative estimate of drug-likeness (QED) is 0.270. The van der Waals surface area contributed by atoms with E-state index < -0.39 is 22.2 Å². The number of anilines is 1. The maximum Gasteiger partial charge on any atom is 0.319 e. The number of H-pyrrole nitrogens is 1. The van der Waals surface area contributed by atoms with Crippen LogP contribution >= 0.6 is 0 Å². The first-order chi connectivity index (χ1) is 25.0. The number of fused-ring (bicyclic) bond motifs is 3. The largest absolute Gasteiger partial charge is 0.480 e. The Kier molecular flexibility index (Phi) is 8.29. The fourth-order valence-electron chi connectivity index (χ4n) is 10.2. The molecule has 0 bridgehead atoms. The van der Waals surface area contributed by atoms with Crippen molar-refractivity contribution in [1.82, 2.24) is 30.0 Å². The lowest BCUT2D eigenvalue weighted by Gasteiger charge is -2.60. The number of pyridine rings is 1. The molecule has 5 aliphatic rings. The van der Waals surface area contributed by atoms with Gasteiger partial charge in [-0.05, 0) is 88.4 Å². The van der Waals surface area contributed by atoms with Crippen LogP contribution in [0.15, 0.2) is 12.3 Å². The number of aromatic nitrogens is 5. The molecule has 2 N–H and O–H groups in total. The molecule has 1 aromatic carbocycles. The third-order valence-corrected chi connectivity index (χ3v) is 14.6. The molecule has 4 aromatic rings. The van der Waals surface area contributed by atoms with E-state index in [4.69, 9.17) is 29.2 Å². The summed E-state index contributed by atoms with van der Waals surface area (Å²) in [6.07, 6.45) is 9.48. The SMILES string of the molecule is COc1nc(-c2c(C)c(C)cc3[nH]ncc23)c(F)c2nc(OCC34CCCC3N(C3CC5(C3)CS(=O)C5)CCC4)nc(N3CCOCC(C)(O)C3)c12. The van der Waals surface area contributed by atoms with Gasteiger partial charge in [0.25, 0.3) is 0 Å². The zero-order valence-electron chi connectivity index (χ0n) is 30.5. The molecule has 3 aliphatic heterocycles. The van der Waals surface area contributed by atoms with E-state index in [9.17, 15) is 9.32 Å². The van der Waals surface area contributed by atoms with Gasteiger partial charge in [0.15, 0.2) is 5.82 Å². The smallest absolute Gasteiger partial charge is 0.319 e. The molecule has 3 saturated heterocycles. The van der Waals surface area contributed by atoms with Gasteiger partial charge in [0.2, 0.25) is 5.88 Å². The highest BCUT2D eigenvalue weighted by atomic mass is 32.2. The van der Waals surface area contributed by atoms with Crippen LogP contribution in [-0.2, 0) is 15.5 Å². The molecular formula is C38H48FN7O5S. The summed E-state index contributed by atoms with van der Waals surface area (Å²) in [5, 5.41) is 19.5. The molecule has 52 heavy (non-hydrogen) atoms. The third kappa shape index (κ3) is 5.58. The average molecular weight is 734 g/mol. The molecule has 0 amide bonds. The molecule has 12 nitrogen and oxygen atoms in total. The summed E-state index contributed by atoms with van der Waals surface area (Å²) < 4.78 is 47.5. The van der Waals surface area contributed by atoms with Crippen LogP contribution in [0.25, 0.3) is 33.1 Å². The van der Waals surface area contributed by atoms with Crippen LogP contribution in [-0.4, -0.2) is 115 Å². The third-order valence-electron chi connectivity index (χ3n) is 12.7. The van der Waals surface area contributed by atoms with Crippen molar-refractivity contribution in [3.63, 3.8) is 0 Å². The molecule has 3 aromatic heterocycles. The van der Waals surface area contributed by atoms with E-state index in [1.165, 1.54) is 7.11 Å². The second-order valence-electron chi connectivity index (χ2n) is 16.5. The Bertz CT molecular complexity index is 2080. The van der Waals surface area contributed by atoms with Crippen molar-refractivity contribution in [2.75, 3.05) is 63.0 Å². The molecule has 5 fully saturated rings. The number of ether oxygens (including phenoxy) is 3. The standard InChI is InChI=1S/C38H48FN7O5S/c1-22-13-26-25(16-40-44-26)28(23(22)2)31-30(39)32-29(34(41-31)49-4)33(45-11-12-50-18-36(3,47)17-45)43-35(42-32)51-19-38-8-5-7-27(38)46(10-6-9-38)24-14-37(15-24)20-52(48)21-37/h13,16,24,27,47H,5-12,14-15,17-21H2,1-4H3,(H,40,44). The van der Waals surface area contributed by atoms with Crippen LogP contribution in [0, 0.1) is 30.5 Å². The van der Waals surface area contributed by atoms with Crippen molar-refractivity contribution in [2.24, 2.45) is 10.8 Å². The van der Waals surface area contributed by atoms with E-state index in [0.717, 1.165) is 85.0 Å². The molecule has 3 unspecified atom stereocenters. The molecule has 14 heteroatoms. The van der Waals surface area contributed by atoms with Gasteiger partial charge in [-0.1, -0.05) is 6.42 Å². The lowest BCUT2D eigenvalue weighted by molar-refractivity contribution is -0.0719. The van der Waals surface area contributed by atoms with Crippen molar-refractivity contribution >= 4 is 38.4 Å². The molecule has 278 valence electrons. The van der Waals surface area contributed by atoms with Crippen LogP contribution in [0.2, 0.25) is 0 Å². The summed E-state index contributed by atoms with van der Waals surface area (Å²) in [5.74, 6) is 1.70. The van der Waals surface area contributed by atoms with Gasteiger partial charge in [0.05, 0.1) is 45.2 Å². The number of nitrogens with one attached hydrogen (secondary N) is 1. The van der Waals surface area contributed by atoms with Crippen LogP contribution in [0.4, 0.5) is 10.2 Å². The molecular weight excluding hydrogens is 686 g/mol. The first-order valence-electron chi connectivity index (χ1n) is 18.7. The van der Waals surface area contributed by atoms with Gasteiger partial charge < -0.3 is 24.2 Å². The van der Waals surface area contributed by atoms with E-state index in [1.807, 2.05) is 24.8 Å². The van der Waals surface area contributed by atoms with Crippen molar-refractivity contribution in [2.45, 2.75) is 83.4 Å². The minimum absolute atomic E-state index is 0.0484. The molecule has 2 saturated carbocycles. The molecule has 6 heterocycles. The number of benzene rings is 1. The minimum Gasteiger partial charge on any atom is -0.480 e. The fourth-order valence-corrected chi connectivity index (χ4v) is 11.9. The van der Waals surface area contributed by atoms with E-state index in [1.54, 1.807) is 13.1 Å². The Balaban J connectivity index is 1.12. The average Bonchev–Trinajstić information content (AvgIpc) is 3.70. The van der Waals surface area contributed by atoms with Crippen LogP contribution in [0.1, 0.15) is 63.0 Å². The summed E-state index contributed by atoms with van der Waals surface area (Å²) in [7, 11) is 0.882. The Morgan fingerprint density at radius 2 is 1.96 bits per heavy atom. The lowest BCUT2D eigenvalue weighted by atomic mass is 9.64. The second kappa shape index (κ2) is 12.6. The first kappa shape index (κ1) is 34.3. The Hall–Kier alpha value is -3.46. The number of methoxy groups -OCH3 is 1. The van der Waals surface area contributed by atoms with Crippen LogP contribution in [0.3, 0.4) is 0 Å². The van der Waals surface area contributed by atoms with Crippen molar-refractivity contribution in [3.05, 3.63) is 29.2 Å². The van der Waals surface area contributed by atoms with Crippen molar-refractivity contribution < 1.29 is 27.9 Å². The number of hydrogen-bond acceptors (Lipinski definition) is 11. The van der Waals surface area contributed by atoms with E-state index in [2.05, 4.69) is 15.1 Å². The number of hydrogen-bond donors (Lipinski definition) is 2. The summed E-state index contributed by atoms with van der Waals surface area (Å²) in [4.78, 5) is 19.2. The number of aliphatic hydroxyl groups is 1. The number of piperidine rings is 1. The Morgan fingerprint density at radius 1 is 1.15 bits per heavy atom. The zero-order chi connectivity index (χ0) is 36.0. The predicted molar refractivity (Wildman–Crippen MR) is 197 cm³/mol. The van der Waals surface area contributed by atoms with Gasteiger partial charge in [0.1, 0.15) is 28.0 Å². The second-order valence-corrected chi connectivity index (χ2v) is 18.0. The summed E-state index contributed by atoms with van der Waals surface area (Å²) in [6.45, 7) is 8.32. The minimum atomic E-state index is -1.17. The maximum atomic E-state index is 17.3. The predicted octanol–water partition coefficient (Wildman–Crippen LogP) is 4.84. The zero-order valence-corrected chi connectivity index (χ0v) is 31.3. The number of aryl methyl sites for hydroxylation is 1.